The van der Waals surface area contributed by atoms with Crippen molar-refractivity contribution in [3.63, 3.8) is 0 Å². The molecule has 134 valence electrons. The third-order valence-electron chi connectivity index (χ3n) is 4.49. The number of sulfone groups is 1. The van der Waals surface area contributed by atoms with Gasteiger partial charge in [-0.1, -0.05) is 31.5 Å². The van der Waals surface area contributed by atoms with E-state index in [2.05, 4.69) is 12.0 Å². The second-order valence-corrected chi connectivity index (χ2v) is 8.62. The second kappa shape index (κ2) is 7.39. The molecule has 1 saturated heterocycles. The lowest BCUT2D eigenvalue weighted by atomic mass is 10.2. The Hall–Kier alpha value is -2.15. The van der Waals surface area contributed by atoms with E-state index in [1.54, 1.807) is 21.8 Å². The zero-order valence-electron chi connectivity index (χ0n) is 14.3. The van der Waals surface area contributed by atoms with Gasteiger partial charge in [-0.3, -0.25) is 4.79 Å². The van der Waals surface area contributed by atoms with E-state index in [4.69, 9.17) is 0 Å². The van der Waals surface area contributed by atoms with Gasteiger partial charge >= 0.3 is 0 Å². The van der Waals surface area contributed by atoms with Gasteiger partial charge in [0.15, 0.2) is 15.5 Å². The molecule has 2 aromatic rings. The summed E-state index contributed by atoms with van der Waals surface area (Å²) < 4.78 is 25.3. The second-order valence-electron chi connectivity index (χ2n) is 6.39. The number of carbonyl (C=O) groups is 1. The lowest BCUT2D eigenvalue weighted by Crippen LogP contribution is -2.42. The van der Waals surface area contributed by atoms with E-state index in [9.17, 15) is 13.2 Å². The number of amides is 1. The van der Waals surface area contributed by atoms with Crippen molar-refractivity contribution in [3.8, 4) is 5.69 Å². The summed E-state index contributed by atoms with van der Waals surface area (Å²) >= 11 is 0. The van der Waals surface area contributed by atoms with E-state index >= 15 is 0 Å². The maximum Gasteiger partial charge on any atom is 0.274 e. The summed E-state index contributed by atoms with van der Waals surface area (Å²) in [5.74, 6) is 0.0265. The first-order valence-corrected chi connectivity index (χ1v) is 10.4. The van der Waals surface area contributed by atoms with E-state index < -0.39 is 9.84 Å². The van der Waals surface area contributed by atoms with E-state index in [1.165, 1.54) is 0 Å². The van der Waals surface area contributed by atoms with Gasteiger partial charge in [-0.15, -0.1) is 0 Å². The fraction of sp³-hybridized carbons (Fsp3) is 0.444. The molecule has 0 bridgehead atoms. The molecule has 1 amide bonds. The molecule has 1 unspecified atom stereocenters. The molecule has 1 aromatic heterocycles. The third-order valence-corrected chi connectivity index (χ3v) is 6.24. The summed E-state index contributed by atoms with van der Waals surface area (Å²) in [5, 5.41) is 4.39. The Bertz CT molecular complexity index is 830. The molecule has 3 rings (SSSR count). The van der Waals surface area contributed by atoms with Gasteiger partial charge in [-0.2, -0.15) is 5.10 Å². The standard InChI is InChI=1S/C18H23N3O3S/c1-2-3-11-20(16-10-13-25(23,24)14-16)18(22)17-9-12-21(19-17)15-7-5-4-6-8-15/h4-9,12,16H,2-3,10-11,13-14H2,1H3. The maximum atomic E-state index is 12.9. The fourth-order valence-electron chi connectivity index (χ4n) is 3.11. The highest BCUT2D eigenvalue weighted by molar-refractivity contribution is 7.91. The van der Waals surface area contributed by atoms with Gasteiger partial charge in [0.05, 0.1) is 17.2 Å². The van der Waals surface area contributed by atoms with Crippen molar-refractivity contribution in [2.75, 3.05) is 18.1 Å². The van der Waals surface area contributed by atoms with Crippen molar-refractivity contribution < 1.29 is 13.2 Å². The molecule has 7 heteroatoms. The van der Waals surface area contributed by atoms with Crippen LogP contribution < -0.4 is 0 Å². The molecular weight excluding hydrogens is 338 g/mol. The van der Waals surface area contributed by atoms with Gasteiger partial charge in [0, 0.05) is 18.8 Å². The predicted octanol–water partition coefficient (Wildman–Crippen LogP) is 2.30. The summed E-state index contributed by atoms with van der Waals surface area (Å²) in [6.07, 6.45) is 4.06. The van der Waals surface area contributed by atoms with Crippen LogP contribution >= 0.6 is 0 Å². The highest BCUT2D eigenvalue weighted by Crippen LogP contribution is 2.20. The van der Waals surface area contributed by atoms with Crippen LogP contribution in [0.1, 0.15) is 36.7 Å². The average molecular weight is 361 g/mol. The lowest BCUT2D eigenvalue weighted by Gasteiger charge is -2.27. The maximum absolute atomic E-state index is 12.9. The number of benzene rings is 1. The molecule has 0 spiro atoms. The SMILES string of the molecule is CCCCN(C(=O)c1ccn(-c2ccccc2)n1)C1CCS(=O)(=O)C1. The van der Waals surface area contributed by atoms with Crippen molar-refractivity contribution >= 4 is 15.7 Å². The average Bonchev–Trinajstić information content (AvgIpc) is 3.23. The number of hydrogen-bond donors (Lipinski definition) is 0. The summed E-state index contributed by atoms with van der Waals surface area (Å²) in [5.41, 5.74) is 1.23. The quantitative estimate of drug-likeness (QED) is 0.791. The Morgan fingerprint density at radius 2 is 2.04 bits per heavy atom. The fourth-order valence-corrected chi connectivity index (χ4v) is 4.84. The van der Waals surface area contributed by atoms with E-state index in [-0.39, 0.29) is 23.5 Å². The number of nitrogens with zero attached hydrogens (tertiary/aromatic N) is 3. The molecular formula is C18H23N3O3S. The minimum Gasteiger partial charge on any atom is -0.333 e. The Balaban J connectivity index is 1.81. The lowest BCUT2D eigenvalue weighted by molar-refractivity contribution is 0.0687. The zero-order chi connectivity index (χ0) is 17.9. The van der Waals surface area contributed by atoms with Gasteiger partial charge in [0.1, 0.15) is 0 Å². The summed E-state index contributed by atoms with van der Waals surface area (Å²) in [7, 11) is -3.04. The Labute approximate surface area is 148 Å². The Morgan fingerprint density at radius 1 is 1.28 bits per heavy atom. The minimum absolute atomic E-state index is 0.0574. The molecule has 0 aliphatic carbocycles. The first-order valence-electron chi connectivity index (χ1n) is 8.62. The van der Waals surface area contributed by atoms with Gasteiger partial charge in [0.25, 0.3) is 5.91 Å². The van der Waals surface area contributed by atoms with Gasteiger partial charge in [-0.25, -0.2) is 13.1 Å². The first-order chi connectivity index (χ1) is 12.0. The van der Waals surface area contributed by atoms with E-state index in [0.717, 1.165) is 18.5 Å². The smallest absolute Gasteiger partial charge is 0.274 e. The molecule has 1 aliphatic rings. The van der Waals surface area contributed by atoms with Crippen LogP contribution in [0.4, 0.5) is 0 Å². The summed E-state index contributed by atoms with van der Waals surface area (Å²) in [4.78, 5) is 14.6. The van der Waals surface area contributed by atoms with Gasteiger partial charge < -0.3 is 4.90 Å². The topological polar surface area (TPSA) is 72.3 Å². The molecule has 0 radical (unpaired) electrons. The molecule has 2 heterocycles. The van der Waals surface area contributed by atoms with Crippen molar-refractivity contribution in [3.05, 3.63) is 48.3 Å². The van der Waals surface area contributed by atoms with Crippen molar-refractivity contribution in [2.24, 2.45) is 0 Å². The number of carbonyl (C=O) groups excluding carboxylic acids is 1. The number of rotatable bonds is 6. The van der Waals surface area contributed by atoms with Crippen LogP contribution in [-0.4, -0.2) is 53.1 Å². The third kappa shape index (κ3) is 4.10. The van der Waals surface area contributed by atoms with E-state index in [1.807, 2.05) is 30.3 Å². The number of para-hydroxylation sites is 1. The molecule has 6 nitrogen and oxygen atoms in total. The molecule has 0 N–H and O–H groups in total. The van der Waals surface area contributed by atoms with Gasteiger partial charge in [-0.05, 0) is 31.0 Å². The van der Waals surface area contributed by atoms with Crippen LogP contribution in [0.25, 0.3) is 5.69 Å². The molecule has 0 saturated carbocycles. The normalized spacial score (nSPS) is 19.0. The number of unbranched alkanes of at least 4 members (excludes halogenated alkanes) is 1. The molecule has 1 aromatic carbocycles. The van der Waals surface area contributed by atoms with Crippen molar-refractivity contribution in [1.29, 1.82) is 0 Å². The van der Waals surface area contributed by atoms with E-state index in [0.29, 0.717) is 18.7 Å². The number of hydrogen-bond acceptors (Lipinski definition) is 4. The van der Waals surface area contributed by atoms with Crippen LogP contribution in [0.2, 0.25) is 0 Å². The van der Waals surface area contributed by atoms with Crippen LogP contribution in [0.5, 0.6) is 0 Å². The van der Waals surface area contributed by atoms with Crippen molar-refractivity contribution in [2.45, 2.75) is 32.2 Å². The number of aromatic nitrogens is 2. The Kier molecular flexibility index (Phi) is 5.22. The van der Waals surface area contributed by atoms with Crippen molar-refractivity contribution in [1.82, 2.24) is 14.7 Å². The summed E-state index contributed by atoms with van der Waals surface area (Å²) in [6, 6.07) is 11.0. The highest BCUT2D eigenvalue weighted by atomic mass is 32.2. The Morgan fingerprint density at radius 3 is 2.68 bits per heavy atom. The summed E-state index contributed by atoms with van der Waals surface area (Å²) in [6.45, 7) is 2.62. The zero-order valence-corrected chi connectivity index (χ0v) is 15.2. The highest BCUT2D eigenvalue weighted by Gasteiger charge is 2.35. The minimum atomic E-state index is -3.04. The van der Waals surface area contributed by atoms with Gasteiger partial charge in [0.2, 0.25) is 0 Å². The monoisotopic (exact) mass is 361 g/mol. The molecule has 1 fully saturated rings. The molecule has 1 aliphatic heterocycles. The largest absolute Gasteiger partial charge is 0.333 e. The molecule has 1 atom stereocenters. The van der Waals surface area contributed by atoms with Crippen LogP contribution in [-0.2, 0) is 9.84 Å². The predicted molar refractivity (Wildman–Crippen MR) is 96.6 cm³/mol. The van der Waals surface area contributed by atoms with Crippen LogP contribution in [0.3, 0.4) is 0 Å². The first kappa shape index (κ1) is 17.7. The van der Waals surface area contributed by atoms with Crippen LogP contribution in [0.15, 0.2) is 42.6 Å². The molecule has 25 heavy (non-hydrogen) atoms. The van der Waals surface area contributed by atoms with Crippen LogP contribution in [0, 0.1) is 0 Å².